The maximum atomic E-state index is 12.4. The molecule has 0 aliphatic carbocycles. The molecule has 20 heavy (non-hydrogen) atoms. The summed E-state index contributed by atoms with van der Waals surface area (Å²) >= 11 is 7.47. The molecular weight excluding hydrogens is 296 g/mol. The molecule has 2 N–H and O–H groups in total. The maximum Gasteiger partial charge on any atom is 0.267 e. The van der Waals surface area contributed by atoms with Gasteiger partial charge in [-0.2, -0.15) is 0 Å². The summed E-state index contributed by atoms with van der Waals surface area (Å²) in [5, 5.41) is 2.42. The van der Waals surface area contributed by atoms with Crippen LogP contribution in [0, 0.1) is 0 Å². The molecule has 0 fully saturated rings. The van der Waals surface area contributed by atoms with Crippen LogP contribution in [-0.2, 0) is 6.54 Å². The van der Waals surface area contributed by atoms with Crippen molar-refractivity contribution < 1.29 is 9.53 Å². The summed E-state index contributed by atoms with van der Waals surface area (Å²) in [6.45, 7) is 0.393. The van der Waals surface area contributed by atoms with E-state index in [1.54, 1.807) is 43.3 Å². The third-order valence-electron chi connectivity index (χ3n) is 2.87. The Bertz CT molecular complexity index is 627. The Hall–Kier alpha value is -1.72. The van der Waals surface area contributed by atoms with Crippen LogP contribution in [0.25, 0.3) is 0 Å². The van der Waals surface area contributed by atoms with Gasteiger partial charge in [-0.15, -0.1) is 11.3 Å². The largest absolute Gasteiger partial charge is 0.495 e. The summed E-state index contributed by atoms with van der Waals surface area (Å²) in [7, 11) is 3.27. The van der Waals surface area contributed by atoms with Crippen molar-refractivity contribution in [2.75, 3.05) is 19.9 Å². The standard InChI is InChI=1S/C14H15ClN2O2S/c1-17(8-9-7-10(16)3-4-11(9)15)14(18)13-12(19-2)5-6-20-13/h3-7H,8,16H2,1-2H3. The van der Waals surface area contributed by atoms with Gasteiger partial charge in [-0.05, 0) is 35.2 Å². The molecule has 2 aromatic rings. The second-order valence-electron chi connectivity index (χ2n) is 4.33. The molecular formula is C14H15ClN2O2S. The molecule has 0 radical (unpaired) electrons. The van der Waals surface area contributed by atoms with Crippen LogP contribution in [0.2, 0.25) is 5.02 Å². The number of nitrogen functional groups attached to an aromatic ring is 1. The Morgan fingerprint density at radius 1 is 1.45 bits per heavy atom. The first-order valence-corrected chi connectivity index (χ1v) is 7.19. The van der Waals surface area contributed by atoms with Crippen LogP contribution in [0.4, 0.5) is 5.69 Å². The van der Waals surface area contributed by atoms with E-state index in [0.717, 1.165) is 5.56 Å². The minimum absolute atomic E-state index is 0.102. The Kier molecular flexibility index (Phi) is 4.52. The third-order valence-corrected chi connectivity index (χ3v) is 4.12. The zero-order chi connectivity index (χ0) is 14.7. The summed E-state index contributed by atoms with van der Waals surface area (Å²) in [4.78, 5) is 14.5. The van der Waals surface area contributed by atoms with Gasteiger partial charge >= 0.3 is 0 Å². The van der Waals surface area contributed by atoms with Gasteiger partial charge < -0.3 is 15.4 Å². The van der Waals surface area contributed by atoms with Crippen molar-refractivity contribution in [3.63, 3.8) is 0 Å². The summed E-state index contributed by atoms with van der Waals surface area (Å²) in [6.07, 6.45) is 0. The van der Waals surface area contributed by atoms with Crippen LogP contribution in [0.1, 0.15) is 15.2 Å². The van der Waals surface area contributed by atoms with Crippen LogP contribution in [0.5, 0.6) is 5.75 Å². The lowest BCUT2D eigenvalue weighted by Crippen LogP contribution is -2.26. The fourth-order valence-electron chi connectivity index (χ4n) is 1.83. The third kappa shape index (κ3) is 3.05. The number of carbonyl (C=O) groups is 1. The second-order valence-corrected chi connectivity index (χ2v) is 5.65. The Morgan fingerprint density at radius 3 is 2.90 bits per heavy atom. The Labute approximate surface area is 126 Å². The highest BCUT2D eigenvalue weighted by Gasteiger charge is 2.19. The number of nitrogens with two attached hydrogens (primary N) is 1. The van der Waals surface area contributed by atoms with Crippen LogP contribution >= 0.6 is 22.9 Å². The van der Waals surface area contributed by atoms with E-state index < -0.39 is 0 Å². The van der Waals surface area contributed by atoms with Gasteiger partial charge in [0.2, 0.25) is 0 Å². The molecule has 0 unspecified atom stereocenters. The van der Waals surface area contributed by atoms with E-state index in [1.165, 1.54) is 11.3 Å². The van der Waals surface area contributed by atoms with Crippen molar-refractivity contribution in [1.82, 2.24) is 4.90 Å². The van der Waals surface area contributed by atoms with E-state index in [1.807, 2.05) is 5.38 Å². The summed E-state index contributed by atoms with van der Waals surface area (Å²) < 4.78 is 5.17. The molecule has 0 saturated carbocycles. The Morgan fingerprint density at radius 2 is 2.20 bits per heavy atom. The molecule has 0 spiro atoms. The molecule has 0 aliphatic rings. The number of hydrogen-bond acceptors (Lipinski definition) is 4. The van der Waals surface area contributed by atoms with Gasteiger partial charge in [0.05, 0.1) is 7.11 Å². The number of hydrogen-bond donors (Lipinski definition) is 1. The maximum absolute atomic E-state index is 12.4. The summed E-state index contributed by atoms with van der Waals surface area (Å²) in [5.74, 6) is 0.487. The molecule has 4 nitrogen and oxygen atoms in total. The van der Waals surface area contributed by atoms with E-state index in [0.29, 0.717) is 27.9 Å². The lowest BCUT2D eigenvalue weighted by atomic mass is 10.2. The van der Waals surface area contributed by atoms with Crippen molar-refractivity contribution in [1.29, 1.82) is 0 Å². The van der Waals surface area contributed by atoms with Gasteiger partial charge in [0.25, 0.3) is 5.91 Å². The van der Waals surface area contributed by atoms with Crippen molar-refractivity contribution in [3.05, 3.63) is 45.1 Å². The number of thiophene rings is 1. The number of halogens is 1. The first-order valence-electron chi connectivity index (χ1n) is 5.93. The molecule has 1 aromatic carbocycles. The minimum atomic E-state index is -0.102. The number of ether oxygens (including phenoxy) is 1. The van der Waals surface area contributed by atoms with Crippen molar-refractivity contribution in [2.24, 2.45) is 0 Å². The average molecular weight is 311 g/mol. The van der Waals surface area contributed by atoms with Crippen molar-refractivity contribution in [2.45, 2.75) is 6.54 Å². The van der Waals surface area contributed by atoms with Crippen molar-refractivity contribution in [3.8, 4) is 5.75 Å². The van der Waals surface area contributed by atoms with Gasteiger partial charge in [-0.25, -0.2) is 0 Å². The Balaban J connectivity index is 2.17. The number of nitrogens with zero attached hydrogens (tertiary/aromatic N) is 1. The van der Waals surface area contributed by atoms with Gasteiger partial charge in [-0.3, -0.25) is 4.79 Å². The monoisotopic (exact) mass is 310 g/mol. The zero-order valence-electron chi connectivity index (χ0n) is 11.2. The molecule has 1 amide bonds. The highest BCUT2D eigenvalue weighted by molar-refractivity contribution is 7.12. The van der Waals surface area contributed by atoms with Gasteiger partial charge in [0, 0.05) is 24.3 Å². The van der Waals surface area contributed by atoms with E-state index in [2.05, 4.69) is 0 Å². The SMILES string of the molecule is COc1ccsc1C(=O)N(C)Cc1cc(N)ccc1Cl. The highest BCUT2D eigenvalue weighted by Crippen LogP contribution is 2.27. The van der Waals surface area contributed by atoms with Crippen LogP contribution < -0.4 is 10.5 Å². The first kappa shape index (κ1) is 14.7. The smallest absolute Gasteiger partial charge is 0.267 e. The zero-order valence-corrected chi connectivity index (χ0v) is 12.8. The molecule has 0 bridgehead atoms. The molecule has 6 heteroatoms. The number of rotatable bonds is 4. The average Bonchev–Trinajstić information content (AvgIpc) is 2.90. The molecule has 106 valence electrons. The van der Waals surface area contributed by atoms with Crippen LogP contribution in [-0.4, -0.2) is 25.0 Å². The number of carbonyl (C=O) groups excluding carboxylic acids is 1. The highest BCUT2D eigenvalue weighted by atomic mass is 35.5. The van der Waals surface area contributed by atoms with Gasteiger partial charge in [0.1, 0.15) is 10.6 Å². The molecule has 0 saturated heterocycles. The molecule has 1 aromatic heterocycles. The fraction of sp³-hybridized carbons (Fsp3) is 0.214. The lowest BCUT2D eigenvalue weighted by molar-refractivity contribution is 0.0787. The quantitative estimate of drug-likeness (QED) is 0.882. The van der Waals surface area contributed by atoms with E-state index in [4.69, 9.17) is 22.1 Å². The number of benzene rings is 1. The molecule has 1 heterocycles. The first-order chi connectivity index (χ1) is 9.52. The normalized spacial score (nSPS) is 10.3. The summed E-state index contributed by atoms with van der Waals surface area (Å²) in [6, 6.07) is 7.02. The van der Waals surface area contributed by atoms with Crippen LogP contribution in [0.15, 0.2) is 29.6 Å². The molecule has 0 aliphatic heterocycles. The summed E-state index contributed by atoms with van der Waals surface area (Å²) in [5.41, 5.74) is 7.18. The van der Waals surface area contributed by atoms with E-state index in [-0.39, 0.29) is 5.91 Å². The predicted molar refractivity (Wildman–Crippen MR) is 82.5 cm³/mol. The predicted octanol–water partition coefficient (Wildman–Crippen LogP) is 3.26. The fourth-order valence-corrected chi connectivity index (χ4v) is 2.86. The minimum Gasteiger partial charge on any atom is -0.495 e. The van der Waals surface area contributed by atoms with Gasteiger partial charge in [-0.1, -0.05) is 11.6 Å². The van der Waals surface area contributed by atoms with Crippen LogP contribution in [0.3, 0.4) is 0 Å². The second kappa shape index (κ2) is 6.15. The topological polar surface area (TPSA) is 55.6 Å². The lowest BCUT2D eigenvalue weighted by Gasteiger charge is -2.18. The number of anilines is 1. The van der Waals surface area contributed by atoms with Gasteiger partial charge in [0.15, 0.2) is 0 Å². The van der Waals surface area contributed by atoms with E-state index >= 15 is 0 Å². The molecule has 0 atom stereocenters. The van der Waals surface area contributed by atoms with Crippen molar-refractivity contribution >= 4 is 34.5 Å². The number of amides is 1. The number of methoxy groups -OCH3 is 1. The van der Waals surface area contributed by atoms with E-state index in [9.17, 15) is 4.79 Å². The molecule has 2 rings (SSSR count).